The first kappa shape index (κ1) is 38.2. The van der Waals surface area contributed by atoms with Gasteiger partial charge in [-0.1, -0.05) is 84.4 Å². The SMILES string of the molecule is CNC.Cc1ccc(C2CCN(Cc3cnn(-c4cccc(F)c4)c3)C2)cc1.NC1CCN(C(=O)C2COc3ccccc3O2)C1.c1ccccc1. The third-order valence-electron chi connectivity index (χ3n) is 8.92. The van der Waals surface area contributed by atoms with Crippen molar-refractivity contribution < 1.29 is 18.7 Å². The largest absolute Gasteiger partial charge is 0.485 e. The van der Waals surface area contributed by atoms with Gasteiger partial charge in [-0.15, -0.1) is 0 Å². The van der Waals surface area contributed by atoms with Crippen molar-refractivity contribution in [3.63, 3.8) is 0 Å². The molecule has 9 nitrogen and oxygen atoms in total. The molecule has 0 aliphatic carbocycles. The third kappa shape index (κ3) is 11.2. The van der Waals surface area contributed by atoms with E-state index in [0.717, 1.165) is 37.3 Å². The number of aryl methyl sites for hydroxylation is 1. The first-order valence-electron chi connectivity index (χ1n) is 17.9. The Morgan fingerprint density at radius 3 is 2.23 bits per heavy atom. The summed E-state index contributed by atoms with van der Waals surface area (Å²) < 4.78 is 26.3. The molecule has 2 fully saturated rings. The topological polar surface area (TPSA) is 97.9 Å². The number of amides is 1. The van der Waals surface area contributed by atoms with E-state index in [-0.39, 0.29) is 24.4 Å². The Balaban J connectivity index is 0.000000168. The monoisotopic (exact) mass is 706 g/mol. The van der Waals surface area contributed by atoms with Crippen LogP contribution < -0.4 is 20.5 Å². The Kier molecular flexibility index (Phi) is 14.4. The van der Waals surface area contributed by atoms with E-state index in [2.05, 4.69) is 46.5 Å². The summed E-state index contributed by atoms with van der Waals surface area (Å²) in [6, 6.07) is 34.9. The summed E-state index contributed by atoms with van der Waals surface area (Å²) in [7, 11) is 3.75. The van der Waals surface area contributed by atoms with Gasteiger partial charge in [0, 0.05) is 44.0 Å². The van der Waals surface area contributed by atoms with Crippen LogP contribution in [0.25, 0.3) is 5.69 Å². The first-order chi connectivity index (χ1) is 25.3. The fourth-order valence-corrected chi connectivity index (χ4v) is 6.26. The Morgan fingerprint density at radius 2 is 1.58 bits per heavy atom. The summed E-state index contributed by atoms with van der Waals surface area (Å²) in [4.78, 5) is 16.4. The van der Waals surface area contributed by atoms with Gasteiger partial charge in [0.15, 0.2) is 11.5 Å². The third-order valence-corrected chi connectivity index (χ3v) is 8.92. The lowest BCUT2D eigenvalue weighted by Crippen LogP contribution is -2.46. The number of hydrogen-bond donors (Lipinski definition) is 2. The number of likely N-dealkylation sites (tertiary alicyclic amines) is 2. The molecular weight excluding hydrogens is 655 g/mol. The normalized spacial score (nSPS) is 18.9. The second-order valence-corrected chi connectivity index (χ2v) is 13.3. The fourth-order valence-electron chi connectivity index (χ4n) is 6.26. The number of halogens is 1. The van der Waals surface area contributed by atoms with E-state index in [1.807, 2.05) is 93.2 Å². The van der Waals surface area contributed by atoms with Crippen molar-refractivity contribution in [2.75, 3.05) is 46.9 Å². The molecule has 3 aliphatic rings. The molecule has 1 amide bonds. The second-order valence-electron chi connectivity index (χ2n) is 13.3. The summed E-state index contributed by atoms with van der Waals surface area (Å²) in [6.07, 6.45) is 5.37. The Labute approximate surface area is 307 Å². The molecule has 3 aliphatic heterocycles. The van der Waals surface area contributed by atoms with Crippen LogP contribution in [0.4, 0.5) is 4.39 Å². The van der Waals surface area contributed by atoms with Crippen molar-refractivity contribution in [2.24, 2.45) is 5.73 Å². The van der Waals surface area contributed by atoms with Crippen LogP contribution in [0.15, 0.2) is 122 Å². The maximum absolute atomic E-state index is 13.4. The highest BCUT2D eigenvalue weighted by Crippen LogP contribution is 2.32. The van der Waals surface area contributed by atoms with E-state index in [4.69, 9.17) is 15.2 Å². The Bertz CT molecular complexity index is 1770. The molecule has 52 heavy (non-hydrogen) atoms. The van der Waals surface area contributed by atoms with Crippen molar-refractivity contribution in [3.05, 3.63) is 144 Å². The minimum absolute atomic E-state index is 0.0301. The lowest BCUT2D eigenvalue weighted by Gasteiger charge is -2.28. The van der Waals surface area contributed by atoms with E-state index in [1.54, 1.807) is 15.6 Å². The van der Waals surface area contributed by atoms with Crippen LogP contribution in [-0.4, -0.2) is 84.5 Å². The number of nitrogens with zero attached hydrogens (tertiary/aromatic N) is 4. The Hall–Kier alpha value is -5.03. The summed E-state index contributed by atoms with van der Waals surface area (Å²) >= 11 is 0. The second kappa shape index (κ2) is 19.5. The van der Waals surface area contributed by atoms with E-state index < -0.39 is 6.10 Å². The quantitative estimate of drug-likeness (QED) is 0.224. The van der Waals surface area contributed by atoms with Gasteiger partial charge in [-0.3, -0.25) is 9.69 Å². The highest BCUT2D eigenvalue weighted by Gasteiger charge is 2.34. The number of ether oxygens (including phenoxy) is 2. The fraction of sp³-hybridized carbons (Fsp3) is 0.333. The number of nitrogens with one attached hydrogen (secondary N) is 1. The molecule has 3 unspecified atom stereocenters. The predicted octanol–water partition coefficient (Wildman–Crippen LogP) is 6.22. The lowest BCUT2D eigenvalue weighted by atomic mass is 9.98. The number of rotatable bonds is 5. The molecule has 0 radical (unpaired) electrons. The maximum Gasteiger partial charge on any atom is 0.267 e. The molecule has 0 bridgehead atoms. The number of carbonyl (C=O) groups is 1. The van der Waals surface area contributed by atoms with Gasteiger partial charge in [0.1, 0.15) is 12.4 Å². The highest BCUT2D eigenvalue weighted by molar-refractivity contribution is 5.82. The van der Waals surface area contributed by atoms with E-state index >= 15 is 0 Å². The van der Waals surface area contributed by atoms with Crippen LogP contribution in [0.5, 0.6) is 11.5 Å². The van der Waals surface area contributed by atoms with Crippen LogP contribution in [0.1, 0.15) is 35.4 Å². The molecule has 4 heterocycles. The molecule has 10 heteroatoms. The minimum atomic E-state index is -0.551. The predicted molar refractivity (Wildman–Crippen MR) is 204 cm³/mol. The zero-order chi connectivity index (χ0) is 36.7. The van der Waals surface area contributed by atoms with Crippen molar-refractivity contribution >= 4 is 5.91 Å². The number of benzene rings is 4. The van der Waals surface area contributed by atoms with Crippen molar-refractivity contribution in [1.82, 2.24) is 24.9 Å². The molecule has 274 valence electrons. The van der Waals surface area contributed by atoms with E-state index in [1.165, 1.54) is 29.7 Å². The molecule has 0 spiro atoms. The van der Waals surface area contributed by atoms with Crippen molar-refractivity contribution in [2.45, 2.75) is 44.4 Å². The summed E-state index contributed by atoms with van der Waals surface area (Å²) in [6.45, 7) is 6.78. The molecule has 0 saturated carbocycles. The zero-order valence-electron chi connectivity index (χ0n) is 30.4. The number of fused-ring (bicyclic) bond motifs is 1. The standard InChI is InChI=1S/C21H22FN3.C13H16N2O3.C6H6.C2H7N/c1-16-5-7-18(8-6-16)19-9-10-24(15-19)13-17-12-23-25(14-17)21-4-2-3-20(22)11-21;14-9-5-6-15(7-9)13(16)12-8-17-10-3-1-2-4-11(10)18-12;1-2-4-6-5-3-1;1-3-2/h2-8,11-12,14,19H,9-10,13,15H2,1H3;1-4,9,12H,5-8,14H2;1-6H;3H,1-2H3. The first-order valence-corrected chi connectivity index (χ1v) is 17.9. The number of nitrogens with two attached hydrogens (primary N) is 1. The van der Waals surface area contributed by atoms with Gasteiger partial charge in [0.2, 0.25) is 6.10 Å². The van der Waals surface area contributed by atoms with Crippen LogP contribution in [-0.2, 0) is 11.3 Å². The number of aromatic nitrogens is 2. The zero-order valence-corrected chi connectivity index (χ0v) is 30.4. The van der Waals surface area contributed by atoms with Crippen LogP contribution >= 0.6 is 0 Å². The molecule has 5 aromatic rings. The molecule has 3 N–H and O–H groups in total. The van der Waals surface area contributed by atoms with Crippen LogP contribution in [0.2, 0.25) is 0 Å². The smallest absolute Gasteiger partial charge is 0.267 e. The van der Waals surface area contributed by atoms with Gasteiger partial charge in [0.05, 0.1) is 11.9 Å². The van der Waals surface area contributed by atoms with Gasteiger partial charge in [-0.05, 0) is 82.2 Å². The van der Waals surface area contributed by atoms with Gasteiger partial charge in [-0.25, -0.2) is 9.07 Å². The maximum atomic E-state index is 13.4. The lowest BCUT2D eigenvalue weighted by molar-refractivity contribution is -0.140. The van der Waals surface area contributed by atoms with Crippen LogP contribution in [0.3, 0.4) is 0 Å². The minimum Gasteiger partial charge on any atom is -0.485 e. The highest BCUT2D eigenvalue weighted by atomic mass is 19.1. The summed E-state index contributed by atoms with van der Waals surface area (Å²) in [5.74, 6) is 1.66. The van der Waals surface area contributed by atoms with Gasteiger partial charge >= 0.3 is 0 Å². The number of carbonyl (C=O) groups excluding carboxylic acids is 1. The summed E-state index contributed by atoms with van der Waals surface area (Å²) in [5, 5.41) is 7.13. The molecular formula is C42H51FN6O3. The van der Waals surface area contributed by atoms with Crippen molar-refractivity contribution in [1.29, 1.82) is 0 Å². The van der Waals surface area contributed by atoms with E-state index in [0.29, 0.717) is 30.5 Å². The van der Waals surface area contributed by atoms with Crippen molar-refractivity contribution in [3.8, 4) is 17.2 Å². The average Bonchev–Trinajstić information content (AvgIpc) is 3.95. The molecule has 3 atom stereocenters. The Morgan fingerprint density at radius 1 is 0.885 bits per heavy atom. The molecule has 2 saturated heterocycles. The molecule has 1 aromatic heterocycles. The van der Waals surface area contributed by atoms with E-state index in [9.17, 15) is 9.18 Å². The summed E-state index contributed by atoms with van der Waals surface area (Å²) in [5.41, 5.74) is 10.5. The molecule has 4 aromatic carbocycles. The number of hydrogen-bond acceptors (Lipinski definition) is 7. The van der Waals surface area contributed by atoms with Crippen LogP contribution in [0, 0.1) is 12.7 Å². The van der Waals surface area contributed by atoms with Gasteiger partial charge < -0.3 is 25.4 Å². The van der Waals surface area contributed by atoms with Gasteiger partial charge in [0.25, 0.3) is 5.91 Å². The number of para-hydroxylation sites is 2. The molecule has 8 rings (SSSR count). The average molecular weight is 707 g/mol. The van der Waals surface area contributed by atoms with Gasteiger partial charge in [-0.2, -0.15) is 5.10 Å².